The maximum absolute atomic E-state index is 13.8. The van der Waals surface area contributed by atoms with Gasteiger partial charge in [-0.25, -0.2) is 13.4 Å². The van der Waals surface area contributed by atoms with Crippen molar-refractivity contribution < 1.29 is 27.1 Å². The van der Waals surface area contributed by atoms with Gasteiger partial charge in [0, 0.05) is 18.7 Å². The summed E-state index contributed by atoms with van der Waals surface area (Å²) in [6, 6.07) is 13.2. The number of thiazole rings is 1. The molecule has 2 aromatic heterocycles. The van der Waals surface area contributed by atoms with Gasteiger partial charge < -0.3 is 13.9 Å². The van der Waals surface area contributed by atoms with E-state index in [4.69, 9.17) is 18.9 Å². The van der Waals surface area contributed by atoms with Crippen LogP contribution in [0.15, 0.2) is 64.1 Å². The van der Waals surface area contributed by atoms with Gasteiger partial charge in [-0.05, 0) is 66.8 Å². The van der Waals surface area contributed by atoms with Crippen LogP contribution in [0.3, 0.4) is 0 Å². The second-order valence-corrected chi connectivity index (χ2v) is 12.8. The molecule has 5 rings (SSSR count). The van der Waals surface area contributed by atoms with Gasteiger partial charge in [-0.2, -0.15) is 4.31 Å². The average Bonchev–Trinajstić information content (AvgIpc) is 3.60. The van der Waals surface area contributed by atoms with Crippen molar-refractivity contribution in [2.45, 2.75) is 31.7 Å². The first-order valence-electron chi connectivity index (χ1n) is 12.7. The van der Waals surface area contributed by atoms with Crippen molar-refractivity contribution >= 4 is 42.6 Å². The molecule has 3 heterocycles. The molecule has 2 aromatic carbocycles. The van der Waals surface area contributed by atoms with Crippen molar-refractivity contribution in [3.05, 3.63) is 66.1 Å². The fraction of sp³-hybridized carbons (Fsp3) is 0.357. The lowest BCUT2D eigenvalue weighted by atomic mass is 9.94. The highest BCUT2D eigenvalue weighted by Gasteiger charge is 2.32. The number of carbonyl (C=O) groups is 1. The molecule has 1 saturated heterocycles. The number of carbonyl (C=O) groups excluding carboxylic acids is 1. The molecular formula is C28H31N3O6S2. The number of hydrogen-bond acceptors (Lipinski definition) is 8. The summed E-state index contributed by atoms with van der Waals surface area (Å²) in [5.41, 5.74) is 0.916. The smallest absolute Gasteiger partial charge is 0.260 e. The zero-order chi connectivity index (χ0) is 27.7. The maximum atomic E-state index is 13.8. The van der Waals surface area contributed by atoms with Gasteiger partial charge in [-0.3, -0.25) is 9.69 Å². The van der Waals surface area contributed by atoms with Crippen molar-refractivity contribution in [2.24, 2.45) is 11.8 Å². The zero-order valence-corrected chi connectivity index (χ0v) is 23.9. The predicted octanol–water partition coefficient (Wildman–Crippen LogP) is 5.42. The first kappa shape index (κ1) is 27.2. The Kier molecular flexibility index (Phi) is 7.66. The molecule has 1 aliphatic rings. The van der Waals surface area contributed by atoms with E-state index in [1.807, 2.05) is 0 Å². The molecule has 1 amide bonds. The summed E-state index contributed by atoms with van der Waals surface area (Å²) in [5, 5.41) is 0.433. The molecule has 2 unspecified atom stereocenters. The van der Waals surface area contributed by atoms with Crippen molar-refractivity contribution in [3.8, 4) is 11.5 Å². The Morgan fingerprint density at radius 2 is 1.72 bits per heavy atom. The van der Waals surface area contributed by atoms with Crippen LogP contribution in [0.1, 0.15) is 36.4 Å². The highest BCUT2D eigenvalue weighted by atomic mass is 32.2. The molecule has 1 fully saturated rings. The number of ether oxygens (including phenoxy) is 2. The Balaban J connectivity index is 1.49. The third-order valence-electron chi connectivity index (χ3n) is 6.84. The molecule has 0 radical (unpaired) electrons. The van der Waals surface area contributed by atoms with Gasteiger partial charge in [-0.1, -0.05) is 25.2 Å². The van der Waals surface area contributed by atoms with Crippen LogP contribution in [0.5, 0.6) is 11.5 Å². The summed E-state index contributed by atoms with van der Waals surface area (Å²) in [6.07, 6.45) is 2.55. The van der Waals surface area contributed by atoms with Crippen molar-refractivity contribution in [1.29, 1.82) is 0 Å². The Morgan fingerprint density at radius 1 is 1.05 bits per heavy atom. The summed E-state index contributed by atoms with van der Waals surface area (Å²) in [6.45, 7) is 5.27. The van der Waals surface area contributed by atoms with Gasteiger partial charge in [0.15, 0.2) is 5.13 Å². The maximum Gasteiger partial charge on any atom is 0.260 e. The molecular weight excluding hydrogens is 538 g/mol. The second kappa shape index (κ2) is 11.0. The molecule has 0 aliphatic carbocycles. The van der Waals surface area contributed by atoms with Gasteiger partial charge in [-0.15, -0.1) is 0 Å². The first-order valence-corrected chi connectivity index (χ1v) is 14.9. The Hall–Kier alpha value is -3.41. The number of anilines is 1. The molecule has 9 nitrogen and oxygen atoms in total. The molecule has 39 heavy (non-hydrogen) atoms. The number of fused-ring (bicyclic) bond motifs is 1. The monoisotopic (exact) mass is 569 g/mol. The second-order valence-electron chi connectivity index (χ2n) is 9.91. The highest BCUT2D eigenvalue weighted by molar-refractivity contribution is 7.89. The van der Waals surface area contributed by atoms with E-state index in [9.17, 15) is 13.2 Å². The fourth-order valence-electron chi connectivity index (χ4n) is 5.05. The lowest BCUT2D eigenvalue weighted by molar-refractivity contribution is 0.0983. The normalized spacial score (nSPS) is 18.3. The number of piperidine rings is 1. The third-order valence-corrected chi connectivity index (χ3v) is 9.78. The minimum Gasteiger partial charge on any atom is -0.495 e. The summed E-state index contributed by atoms with van der Waals surface area (Å²) < 4.78 is 45.5. The number of benzene rings is 2. The Labute approximate surface area is 232 Å². The van der Waals surface area contributed by atoms with E-state index < -0.39 is 10.0 Å². The minimum atomic E-state index is -3.66. The van der Waals surface area contributed by atoms with E-state index in [1.54, 1.807) is 61.2 Å². The summed E-state index contributed by atoms with van der Waals surface area (Å²) >= 11 is 1.30. The molecule has 0 bridgehead atoms. The third kappa shape index (κ3) is 5.39. The Morgan fingerprint density at radius 3 is 2.33 bits per heavy atom. The van der Waals surface area contributed by atoms with Gasteiger partial charge >= 0.3 is 0 Å². The van der Waals surface area contributed by atoms with Crippen LogP contribution in [-0.4, -0.2) is 50.9 Å². The number of sulfonamides is 1. The van der Waals surface area contributed by atoms with Crippen molar-refractivity contribution in [2.75, 3.05) is 32.2 Å². The molecule has 4 aromatic rings. The molecule has 2 atom stereocenters. The van der Waals surface area contributed by atoms with Crippen LogP contribution >= 0.6 is 11.3 Å². The van der Waals surface area contributed by atoms with Crippen molar-refractivity contribution in [1.82, 2.24) is 9.29 Å². The lowest BCUT2D eigenvalue weighted by Gasteiger charge is -2.34. The number of amides is 1. The van der Waals surface area contributed by atoms with E-state index in [1.165, 1.54) is 28.4 Å². The number of aromatic nitrogens is 1. The van der Waals surface area contributed by atoms with Crippen LogP contribution in [0, 0.1) is 11.8 Å². The fourth-order valence-corrected chi connectivity index (χ4v) is 7.80. The molecule has 11 heteroatoms. The SMILES string of the molecule is COc1ccc(OC)c2sc(N(Cc3ccco3)C(=O)c3ccc(S(=O)(=O)N4CC(C)CC(C)C4)cc3)nc12. The van der Waals surface area contributed by atoms with E-state index in [2.05, 4.69) is 13.8 Å². The quantitative estimate of drug-likeness (QED) is 0.279. The molecule has 1 aliphatic heterocycles. The summed E-state index contributed by atoms with van der Waals surface area (Å²) in [5.74, 6) is 2.02. The molecule has 0 saturated carbocycles. The van der Waals surface area contributed by atoms with E-state index in [0.717, 1.165) is 11.1 Å². The van der Waals surface area contributed by atoms with Gasteiger partial charge in [0.2, 0.25) is 10.0 Å². The topological polar surface area (TPSA) is 102 Å². The molecule has 0 spiro atoms. The summed E-state index contributed by atoms with van der Waals surface area (Å²) in [4.78, 5) is 20.2. The Bertz CT molecular complexity index is 1510. The van der Waals surface area contributed by atoms with Crippen LogP contribution < -0.4 is 14.4 Å². The number of nitrogens with zero attached hydrogens (tertiary/aromatic N) is 3. The number of rotatable bonds is 8. The number of furan rings is 1. The summed E-state index contributed by atoms with van der Waals surface area (Å²) in [7, 11) is -0.522. The van der Waals surface area contributed by atoms with Gasteiger partial charge in [0.1, 0.15) is 27.5 Å². The first-order chi connectivity index (χ1) is 18.7. The van der Waals surface area contributed by atoms with E-state index in [-0.39, 0.29) is 17.3 Å². The number of methoxy groups -OCH3 is 2. The van der Waals surface area contributed by atoms with Crippen LogP contribution in [0.2, 0.25) is 0 Å². The largest absolute Gasteiger partial charge is 0.495 e. The van der Waals surface area contributed by atoms with Crippen LogP contribution in [-0.2, 0) is 16.6 Å². The van der Waals surface area contributed by atoms with Crippen LogP contribution in [0.4, 0.5) is 5.13 Å². The van der Waals surface area contributed by atoms with E-state index >= 15 is 0 Å². The number of hydrogen-bond donors (Lipinski definition) is 0. The highest BCUT2D eigenvalue weighted by Crippen LogP contribution is 2.41. The minimum absolute atomic E-state index is 0.139. The standard InChI is InChI=1S/C28H31N3O6S2/c1-18-14-19(2)16-30(15-18)39(33,34)22-9-7-20(8-10-22)27(32)31(17-21-6-5-13-37-21)28-29-25-23(35-3)11-12-24(36-4)26(25)38-28/h5-13,18-19H,14-17H2,1-4H3. The average molecular weight is 570 g/mol. The zero-order valence-electron chi connectivity index (χ0n) is 22.3. The van der Waals surface area contributed by atoms with E-state index in [0.29, 0.717) is 58.4 Å². The molecule has 206 valence electrons. The molecule has 0 N–H and O–H groups in total. The van der Waals surface area contributed by atoms with Gasteiger partial charge in [0.05, 0.1) is 31.9 Å². The predicted molar refractivity (Wildman–Crippen MR) is 150 cm³/mol. The lowest BCUT2D eigenvalue weighted by Crippen LogP contribution is -2.42. The van der Waals surface area contributed by atoms with Crippen LogP contribution in [0.25, 0.3) is 10.2 Å². The van der Waals surface area contributed by atoms with Gasteiger partial charge in [0.25, 0.3) is 5.91 Å². The van der Waals surface area contributed by atoms with Crippen molar-refractivity contribution in [3.63, 3.8) is 0 Å².